The third-order valence-electron chi connectivity index (χ3n) is 3.80. The van der Waals surface area contributed by atoms with Gasteiger partial charge in [-0.2, -0.15) is 0 Å². The maximum Gasteiger partial charge on any atom is 0.119 e. The van der Waals surface area contributed by atoms with E-state index >= 15 is 0 Å². The van der Waals surface area contributed by atoms with E-state index in [9.17, 15) is 5.11 Å². The standard InChI is InChI=1S/C14H15BrClN3O/c15-11-3-1-10(2-4-11)7-12(19-8-17-18-9-19)13(20)14(16)5-6-14/h1-4,8-9,12-13,20H,5-7H2/t12-,13+/m0/s1. The van der Waals surface area contributed by atoms with E-state index in [4.69, 9.17) is 11.6 Å². The molecule has 0 amide bonds. The largest absolute Gasteiger partial charge is 0.389 e. The zero-order valence-electron chi connectivity index (χ0n) is 10.8. The Morgan fingerprint density at radius 2 is 1.85 bits per heavy atom. The van der Waals surface area contributed by atoms with Crippen LogP contribution in [0.5, 0.6) is 0 Å². The summed E-state index contributed by atoms with van der Waals surface area (Å²) in [5.41, 5.74) is 1.15. The van der Waals surface area contributed by atoms with Crippen LogP contribution in [-0.4, -0.2) is 30.8 Å². The number of halogens is 2. The molecule has 6 heteroatoms. The lowest BCUT2D eigenvalue weighted by Crippen LogP contribution is -2.34. The summed E-state index contributed by atoms with van der Waals surface area (Å²) in [6, 6.07) is 7.94. The monoisotopic (exact) mass is 355 g/mol. The molecule has 20 heavy (non-hydrogen) atoms. The van der Waals surface area contributed by atoms with E-state index < -0.39 is 11.0 Å². The van der Waals surface area contributed by atoms with Crippen molar-refractivity contribution in [3.8, 4) is 0 Å². The third kappa shape index (κ3) is 2.90. The lowest BCUT2D eigenvalue weighted by atomic mass is 9.98. The average molecular weight is 357 g/mol. The number of benzene rings is 1. The maximum atomic E-state index is 10.6. The van der Waals surface area contributed by atoms with Crippen molar-refractivity contribution >= 4 is 27.5 Å². The fourth-order valence-corrected chi connectivity index (χ4v) is 2.89. The van der Waals surface area contributed by atoms with Crippen LogP contribution in [0.3, 0.4) is 0 Å². The molecular formula is C14H15BrClN3O. The molecular weight excluding hydrogens is 342 g/mol. The van der Waals surface area contributed by atoms with Gasteiger partial charge in [0.1, 0.15) is 12.7 Å². The highest BCUT2D eigenvalue weighted by molar-refractivity contribution is 9.10. The summed E-state index contributed by atoms with van der Waals surface area (Å²) in [5.74, 6) is 0. The van der Waals surface area contributed by atoms with E-state index in [1.165, 1.54) is 0 Å². The number of alkyl halides is 1. The average Bonchev–Trinajstić information content (AvgIpc) is 2.99. The SMILES string of the molecule is O[C@H]([C@H](Cc1ccc(Br)cc1)n1cnnc1)C1(Cl)CC1. The van der Waals surface area contributed by atoms with E-state index in [0.29, 0.717) is 6.42 Å². The summed E-state index contributed by atoms with van der Waals surface area (Å²) in [6.45, 7) is 0. The minimum atomic E-state index is -0.608. The summed E-state index contributed by atoms with van der Waals surface area (Å²) in [4.78, 5) is -0.482. The number of hydrogen-bond donors (Lipinski definition) is 1. The molecule has 0 radical (unpaired) electrons. The fourth-order valence-electron chi connectivity index (χ4n) is 2.38. The van der Waals surface area contributed by atoms with Crippen molar-refractivity contribution in [2.45, 2.75) is 36.3 Å². The smallest absolute Gasteiger partial charge is 0.119 e. The van der Waals surface area contributed by atoms with Gasteiger partial charge in [0.25, 0.3) is 0 Å². The van der Waals surface area contributed by atoms with Gasteiger partial charge in [-0.1, -0.05) is 28.1 Å². The minimum Gasteiger partial charge on any atom is -0.389 e. The molecule has 1 fully saturated rings. The van der Waals surface area contributed by atoms with Crippen LogP contribution >= 0.6 is 27.5 Å². The Labute approximate surface area is 130 Å². The predicted octanol–water partition coefficient (Wildman–Crippen LogP) is 2.96. The Bertz CT molecular complexity index is 569. The Kier molecular flexibility index (Phi) is 3.84. The van der Waals surface area contributed by atoms with Gasteiger partial charge in [0.05, 0.1) is 17.0 Å². The predicted molar refractivity (Wildman–Crippen MR) is 80.7 cm³/mol. The van der Waals surface area contributed by atoms with Crippen LogP contribution in [0, 0.1) is 0 Å². The lowest BCUT2D eigenvalue weighted by molar-refractivity contribution is 0.0999. The molecule has 1 N–H and O–H groups in total. The van der Waals surface area contributed by atoms with Crippen molar-refractivity contribution in [2.24, 2.45) is 0 Å². The quantitative estimate of drug-likeness (QED) is 0.838. The Morgan fingerprint density at radius 3 is 2.40 bits per heavy atom. The molecule has 0 bridgehead atoms. The highest BCUT2D eigenvalue weighted by Crippen LogP contribution is 2.49. The zero-order chi connectivity index (χ0) is 14.2. The number of aliphatic hydroxyl groups is 1. The molecule has 0 spiro atoms. The van der Waals surface area contributed by atoms with Gasteiger partial charge in [-0.05, 0) is 37.0 Å². The summed E-state index contributed by atoms with van der Waals surface area (Å²) in [6.07, 6.45) is 5.07. The minimum absolute atomic E-state index is 0.147. The second-order valence-electron chi connectivity index (χ2n) is 5.29. The van der Waals surface area contributed by atoms with Crippen molar-refractivity contribution < 1.29 is 5.11 Å². The molecule has 2 aromatic rings. The van der Waals surface area contributed by atoms with E-state index in [-0.39, 0.29) is 6.04 Å². The molecule has 1 saturated carbocycles. The van der Waals surface area contributed by atoms with Gasteiger partial charge in [0.15, 0.2) is 0 Å². The third-order valence-corrected chi connectivity index (χ3v) is 4.93. The molecule has 0 unspecified atom stereocenters. The van der Waals surface area contributed by atoms with Gasteiger partial charge < -0.3 is 9.67 Å². The molecule has 1 aromatic carbocycles. The molecule has 106 valence electrons. The van der Waals surface area contributed by atoms with Crippen LogP contribution in [-0.2, 0) is 6.42 Å². The number of nitrogens with zero attached hydrogens (tertiary/aromatic N) is 3. The molecule has 1 aliphatic rings. The number of aromatic nitrogens is 3. The van der Waals surface area contributed by atoms with Gasteiger partial charge in [0.2, 0.25) is 0 Å². The Morgan fingerprint density at radius 1 is 1.25 bits per heavy atom. The first-order valence-electron chi connectivity index (χ1n) is 6.54. The van der Waals surface area contributed by atoms with Gasteiger partial charge >= 0.3 is 0 Å². The van der Waals surface area contributed by atoms with E-state index in [0.717, 1.165) is 22.9 Å². The van der Waals surface area contributed by atoms with Crippen molar-refractivity contribution in [3.05, 3.63) is 47.0 Å². The topological polar surface area (TPSA) is 50.9 Å². The first kappa shape index (κ1) is 14.0. The summed E-state index contributed by atoms with van der Waals surface area (Å²) >= 11 is 9.81. The molecule has 3 rings (SSSR count). The highest BCUT2D eigenvalue weighted by atomic mass is 79.9. The second kappa shape index (κ2) is 5.47. The molecule has 1 aromatic heterocycles. The van der Waals surface area contributed by atoms with Crippen LogP contribution in [0.25, 0.3) is 0 Å². The molecule has 1 aliphatic carbocycles. The summed E-state index contributed by atoms with van der Waals surface area (Å²) in [7, 11) is 0. The van der Waals surface area contributed by atoms with Crippen LogP contribution in [0.15, 0.2) is 41.4 Å². The second-order valence-corrected chi connectivity index (χ2v) is 6.95. The molecule has 2 atom stereocenters. The number of hydrogen-bond acceptors (Lipinski definition) is 3. The van der Waals surface area contributed by atoms with Gasteiger partial charge in [-0.25, -0.2) is 0 Å². The van der Waals surface area contributed by atoms with Crippen LogP contribution in [0.1, 0.15) is 24.4 Å². The molecule has 4 nitrogen and oxygen atoms in total. The molecule has 0 saturated heterocycles. The molecule has 0 aliphatic heterocycles. The Hall–Kier alpha value is -0.910. The van der Waals surface area contributed by atoms with E-state index in [1.54, 1.807) is 12.7 Å². The van der Waals surface area contributed by atoms with Gasteiger partial charge in [-0.15, -0.1) is 21.8 Å². The number of aliphatic hydroxyl groups excluding tert-OH is 1. The van der Waals surface area contributed by atoms with Crippen LogP contribution < -0.4 is 0 Å². The summed E-state index contributed by atoms with van der Waals surface area (Å²) in [5, 5.41) is 18.2. The van der Waals surface area contributed by atoms with Crippen molar-refractivity contribution in [1.29, 1.82) is 0 Å². The normalized spacial score (nSPS) is 19.6. The van der Waals surface area contributed by atoms with Crippen molar-refractivity contribution in [3.63, 3.8) is 0 Å². The fraction of sp³-hybridized carbons (Fsp3) is 0.429. The zero-order valence-corrected chi connectivity index (χ0v) is 13.1. The highest BCUT2D eigenvalue weighted by Gasteiger charge is 2.50. The van der Waals surface area contributed by atoms with E-state index in [2.05, 4.69) is 26.1 Å². The summed E-state index contributed by atoms with van der Waals surface area (Å²) < 4.78 is 2.88. The Balaban J connectivity index is 1.84. The van der Waals surface area contributed by atoms with Gasteiger partial charge in [-0.3, -0.25) is 0 Å². The lowest BCUT2D eigenvalue weighted by Gasteiger charge is -2.27. The first-order chi connectivity index (χ1) is 9.58. The van der Waals surface area contributed by atoms with Crippen LogP contribution in [0.4, 0.5) is 0 Å². The first-order valence-corrected chi connectivity index (χ1v) is 7.71. The van der Waals surface area contributed by atoms with E-state index in [1.807, 2.05) is 28.8 Å². The maximum absolute atomic E-state index is 10.6. The van der Waals surface area contributed by atoms with Crippen LogP contribution in [0.2, 0.25) is 0 Å². The van der Waals surface area contributed by atoms with Gasteiger partial charge in [0, 0.05) is 4.47 Å². The van der Waals surface area contributed by atoms with Crippen molar-refractivity contribution in [1.82, 2.24) is 14.8 Å². The molecule has 1 heterocycles. The van der Waals surface area contributed by atoms with Crippen molar-refractivity contribution in [2.75, 3.05) is 0 Å². The number of rotatable bonds is 5.